The molecule has 0 radical (unpaired) electrons. The van der Waals surface area contributed by atoms with Crippen LogP contribution in [0.25, 0.3) is 0 Å². The highest BCUT2D eigenvalue weighted by molar-refractivity contribution is 7.89. The van der Waals surface area contributed by atoms with Gasteiger partial charge in [-0.05, 0) is 68.8 Å². The Morgan fingerprint density at radius 2 is 1.46 bits per heavy atom. The molecule has 0 saturated carbocycles. The third-order valence-corrected chi connectivity index (χ3v) is 9.76. The van der Waals surface area contributed by atoms with Gasteiger partial charge in [-0.25, -0.2) is 13.1 Å². The first-order valence-electron chi connectivity index (χ1n) is 16.0. The number of likely N-dealkylation sites (N-methyl/N-ethyl adjacent to an activating group) is 1. The number of carbonyl (C=O) groups excluding carboxylic acids is 2. The molecule has 0 aromatic heterocycles. The highest BCUT2D eigenvalue weighted by Crippen LogP contribution is 2.38. The quantitative estimate of drug-likeness (QED) is 0.130. The van der Waals surface area contributed by atoms with E-state index in [1.54, 1.807) is 38.1 Å². The van der Waals surface area contributed by atoms with E-state index in [4.69, 9.17) is 42.1 Å². The summed E-state index contributed by atoms with van der Waals surface area (Å²) in [6.07, 6.45) is 0. The molecule has 0 fully saturated rings. The number of hydrogen-bond donors (Lipinski definition) is 3. The standard InChI is InChI=1S/C33H48Cl2N4O8S/c1-5-44-12-9-36-31(40)33(2,3)32(41)37-10-13-45-15-17-47-18-16-46-14-11-38-48(42,43)26-8-6-7-24(19-26)28-22-39(4)23-29-27(28)20-25(34)21-30(29)35/h6-8,19-21,28,38H,5,9-18,22-23H2,1-4H3,(H,36,40)(H,37,41). The van der Waals surface area contributed by atoms with E-state index in [0.29, 0.717) is 62.7 Å². The van der Waals surface area contributed by atoms with Gasteiger partial charge in [0.15, 0.2) is 0 Å². The number of halogens is 2. The second kappa shape index (κ2) is 19.8. The topological polar surface area (TPSA) is 145 Å². The van der Waals surface area contributed by atoms with Crippen LogP contribution in [0.1, 0.15) is 43.4 Å². The predicted octanol–water partition coefficient (Wildman–Crippen LogP) is 3.19. The molecule has 0 saturated heterocycles. The first-order valence-corrected chi connectivity index (χ1v) is 18.2. The van der Waals surface area contributed by atoms with Crippen molar-refractivity contribution in [2.75, 3.05) is 86.1 Å². The van der Waals surface area contributed by atoms with E-state index in [-0.39, 0.29) is 55.5 Å². The van der Waals surface area contributed by atoms with Gasteiger partial charge in [0.05, 0.1) is 51.1 Å². The number of benzene rings is 2. The van der Waals surface area contributed by atoms with Crippen LogP contribution in [-0.4, -0.2) is 111 Å². The largest absolute Gasteiger partial charge is 0.380 e. The van der Waals surface area contributed by atoms with E-state index in [2.05, 4.69) is 20.3 Å². The molecular weight excluding hydrogens is 683 g/mol. The molecule has 0 spiro atoms. The van der Waals surface area contributed by atoms with Crippen molar-refractivity contribution >= 4 is 45.0 Å². The van der Waals surface area contributed by atoms with Crippen molar-refractivity contribution < 1.29 is 37.0 Å². The van der Waals surface area contributed by atoms with Crippen molar-refractivity contribution in [1.82, 2.24) is 20.3 Å². The molecule has 1 aliphatic rings. The lowest BCUT2D eigenvalue weighted by Gasteiger charge is -2.33. The maximum absolute atomic E-state index is 13.0. The first-order chi connectivity index (χ1) is 22.9. The van der Waals surface area contributed by atoms with Crippen molar-refractivity contribution in [2.24, 2.45) is 5.41 Å². The Morgan fingerprint density at radius 3 is 2.08 bits per heavy atom. The van der Waals surface area contributed by atoms with Gasteiger partial charge >= 0.3 is 0 Å². The Morgan fingerprint density at radius 1 is 0.875 bits per heavy atom. The molecule has 268 valence electrons. The Hall–Kier alpha value is -2.33. The van der Waals surface area contributed by atoms with Crippen LogP contribution >= 0.6 is 23.2 Å². The molecule has 0 bridgehead atoms. The summed E-state index contributed by atoms with van der Waals surface area (Å²) in [5.74, 6) is -0.835. The van der Waals surface area contributed by atoms with Crippen LogP contribution in [0, 0.1) is 5.41 Å². The van der Waals surface area contributed by atoms with E-state index in [9.17, 15) is 18.0 Å². The minimum atomic E-state index is -3.76. The van der Waals surface area contributed by atoms with E-state index in [0.717, 1.165) is 16.7 Å². The zero-order valence-electron chi connectivity index (χ0n) is 28.1. The summed E-state index contributed by atoms with van der Waals surface area (Å²) in [5, 5.41) is 6.56. The maximum atomic E-state index is 13.0. The number of amides is 2. The van der Waals surface area contributed by atoms with Crippen LogP contribution in [0.2, 0.25) is 10.0 Å². The predicted molar refractivity (Wildman–Crippen MR) is 185 cm³/mol. The number of ether oxygens (including phenoxy) is 4. The van der Waals surface area contributed by atoms with Crippen molar-refractivity contribution in [3.8, 4) is 0 Å². The Kier molecular flexibility index (Phi) is 16.5. The fourth-order valence-corrected chi connectivity index (χ4v) is 6.70. The molecule has 0 aliphatic carbocycles. The minimum absolute atomic E-state index is 0.0758. The molecule has 1 aliphatic heterocycles. The summed E-state index contributed by atoms with van der Waals surface area (Å²) in [4.78, 5) is 27.0. The Balaban J connectivity index is 1.28. The highest BCUT2D eigenvalue weighted by atomic mass is 35.5. The number of carbonyl (C=O) groups is 2. The fourth-order valence-electron chi connectivity index (χ4n) is 5.07. The van der Waals surface area contributed by atoms with Gasteiger partial charge in [-0.3, -0.25) is 9.59 Å². The summed E-state index contributed by atoms with van der Waals surface area (Å²) in [6.45, 7) is 9.74. The average Bonchev–Trinajstić information content (AvgIpc) is 3.05. The first kappa shape index (κ1) is 40.1. The van der Waals surface area contributed by atoms with E-state index < -0.39 is 15.4 Å². The zero-order chi connectivity index (χ0) is 35.2. The number of sulfonamides is 1. The molecular formula is C33H48Cl2N4O8S. The van der Waals surface area contributed by atoms with Crippen LogP contribution in [0.15, 0.2) is 41.3 Å². The van der Waals surface area contributed by atoms with E-state index >= 15 is 0 Å². The fraction of sp³-hybridized carbons (Fsp3) is 0.576. The molecule has 3 N–H and O–H groups in total. The van der Waals surface area contributed by atoms with Crippen molar-refractivity contribution in [3.05, 3.63) is 63.1 Å². The number of fused-ring (bicyclic) bond motifs is 1. The van der Waals surface area contributed by atoms with Gasteiger partial charge in [0.2, 0.25) is 21.8 Å². The number of nitrogens with zero attached hydrogens (tertiary/aromatic N) is 1. The van der Waals surface area contributed by atoms with Crippen molar-refractivity contribution in [2.45, 2.75) is 38.1 Å². The second-order valence-electron chi connectivity index (χ2n) is 11.8. The smallest absolute Gasteiger partial charge is 0.240 e. The second-order valence-corrected chi connectivity index (χ2v) is 14.5. The molecule has 48 heavy (non-hydrogen) atoms. The molecule has 1 heterocycles. The Labute approximate surface area is 294 Å². The minimum Gasteiger partial charge on any atom is -0.380 e. The molecule has 2 aromatic rings. The molecule has 2 aromatic carbocycles. The molecule has 2 amide bonds. The van der Waals surface area contributed by atoms with Gasteiger partial charge in [-0.2, -0.15) is 0 Å². The molecule has 12 nitrogen and oxygen atoms in total. The lowest BCUT2D eigenvalue weighted by molar-refractivity contribution is -0.141. The lowest BCUT2D eigenvalue weighted by Crippen LogP contribution is -2.49. The molecule has 3 rings (SSSR count). The molecule has 15 heteroatoms. The van der Waals surface area contributed by atoms with Crippen molar-refractivity contribution in [1.29, 1.82) is 0 Å². The average molecular weight is 732 g/mol. The van der Waals surface area contributed by atoms with Gasteiger partial charge in [-0.1, -0.05) is 35.3 Å². The van der Waals surface area contributed by atoms with Crippen LogP contribution in [0.3, 0.4) is 0 Å². The van der Waals surface area contributed by atoms with Gasteiger partial charge in [0, 0.05) is 55.3 Å². The van der Waals surface area contributed by atoms with Gasteiger partial charge < -0.3 is 34.5 Å². The lowest BCUT2D eigenvalue weighted by atomic mass is 9.85. The normalized spacial score (nSPS) is 15.2. The summed E-state index contributed by atoms with van der Waals surface area (Å²) < 4.78 is 50.3. The monoisotopic (exact) mass is 730 g/mol. The number of hydrogen-bond acceptors (Lipinski definition) is 9. The third-order valence-electron chi connectivity index (χ3n) is 7.75. The van der Waals surface area contributed by atoms with Gasteiger partial charge in [0.25, 0.3) is 0 Å². The third kappa shape index (κ3) is 12.2. The highest BCUT2D eigenvalue weighted by Gasteiger charge is 2.35. The van der Waals surface area contributed by atoms with Crippen LogP contribution in [0.5, 0.6) is 0 Å². The number of rotatable bonds is 21. The molecule has 1 unspecified atom stereocenters. The summed E-state index contributed by atoms with van der Waals surface area (Å²) in [7, 11) is -1.75. The Bertz CT molecular complexity index is 1460. The van der Waals surface area contributed by atoms with Gasteiger partial charge in [0.1, 0.15) is 5.41 Å². The number of nitrogens with one attached hydrogen (secondary N) is 3. The maximum Gasteiger partial charge on any atom is 0.240 e. The van der Waals surface area contributed by atoms with Crippen LogP contribution in [0.4, 0.5) is 0 Å². The van der Waals surface area contributed by atoms with Crippen LogP contribution < -0.4 is 15.4 Å². The summed E-state index contributed by atoms with van der Waals surface area (Å²) in [5.41, 5.74) is 1.66. The van der Waals surface area contributed by atoms with E-state index in [1.807, 2.05) is 26.1 Å². The summed E-state index contributed by atoms with van der Waals surface area (Å²) >= 11 is 12.8. The van der Waals surface area contributed by atoms with Crippen molar-refractivity contribution in [3.63, 3.8) is 0 Å². The SMILES string of the molecule is CCOCCNC(=O)C(C)(C)C(=O)NCCOCCOCCOCCNS(=O)(=O)c1cccc(C2CN(C)Cc3c(Cl)cc(Cl)cc32)c1. The summed E-state index contributed by atoms with van der Waals surface area (Å²) in [6, 6.07) is 10.6. The molecule has 1 atom stereocenters. The van der Waals surface area contributed by atoms with Crippen LogP contribution in [-0.2, 0) is 45.1 Å². The zero-order valence-corrected chi connectivity index (χ0v) is 30.4. The van der Waals surface area contributed by atoms with E-state index in [1.165, 1.54) is 0 Å². The van der Waals surface area contributed by atoms with Gasteiger partial charge in [-0.15, -0.1) is 0 Å².